The number of aromatic nitrogens is 6. The first kappa shape index (κ1) is 45.5. The number of nitrogens with zero attached hydrogens (tertiary/aromatic N) is 8. The summed E-state index contributed by atoms with van der Waals surface area (Å²) in [5, 5.41) is 13.2. The van der Waals surface area contributed by atoms with Gasteiger partial charge in [0.1, 0.15) is 36.5 Å². The fourth-order valence-corrected chi connectivity index (χ4v) is 7.03. The summed E-state index contributed by atoms with van der Waals surface area (Å²) in [6.07, 6.45) is 4.40. The summed E-state index contributed by atoms with van der Waals surface area (Å²) in [7, 11) is -0.818. The van der Waals surface area contributed by atoms with Crippen LogP contribution >= 0.6 is 15.9 Å². The molecule has 2 N–H and O–H groups in total. The number of benzene rings is 2. The normalized spacial score (nSPS) is 18.5. The lowest BCUT2D eigenvalue weighted by Crippen LogP contribution is -2.41. The van der Waals surface area contributed by atoms with Crippen LogP contribution in [-0.2, 0) is 28.4 Å². The van der Waals surface area contributed by atoms with E-state index in [0.717, 1.165) is 10.1 Å². The fourth-order valence-electron chi connectivity index (χ4n) is 6.71. The van der Waals surface area contributed by atoms with Gasteiger partial charge in [-0.05, 0) is 82.3 Å². The zero-order valence-electron chi connectivity index (χ0n) is 35.6. The van der Waals surface area contributed by atoms with Crippen molar-refractivity contribution in [3.05, 3.63) is 102 Å². The smallest absolute Gasteiger partial charge is 0.442 e. The van der Waals surface area contributed by atoms with Gasteiger partial charge in [0.15, 0.2) is 11.3 Å². The Kier molecular flexibility index (Phi) is 13.3. The molecule has 0 bridgehead atoms. The van der Waals surface area contributed by atoms with Crippen LogP contribution in [0.25, 0.3) is 22.4 Å². The van der Waals surface area contributed by atoms with Crippen LogP contribution in [0.5, 0.6) is 0 Å². The van der Waals surface area contributed by atoms with Crippen molar-refractivity contribution in [1.82, 2.24) is 39.8 Å². The van der Waals surface area contributed by atoms with Crippen LogP contribution < -0.4 is 25.9 Å². The third-order valence-electron chi connectivity index (χ3n) is 10.8. The molecule has 2 aromatic carbocycles. The maximum atomic E-state index is 14.7. The van der Waals surface area contributed by atoms with E-state index in [4.69, 9.17) is 18.8 Å². The van der Waals surface area contributed by atoms with Crippen LogP contribution in [0.3, 0.4) is 0 Å². The van der Waals surface area contributed by atoms with E-state index in [1.807, 2.05) is 46.0 Å². The second-order valence-electron chi connectivity index (χ2n) is 16.0. The molecule has 3 saturated heterocycles. The highest BCUT2D eigenvalue weighted by molar-refractivity contribution is 9.10. The van der Waals surface area contributed by atoms with Crippen molar-refractivity contribution in [3.8, 4) is 11.1 Å². The monoisotopic (exact) mass is 944 g/mol. The van der Waals surface area contributed by atoms with Gasteiger partial charge in [0.25, 0.3) is 0 Å². The highest BCUT2D eigenvalue weighted by Crippen LogP contribution is 2.37. The maximum absolute atomic E-state index is 14.7. The van der Waals surface area contributed by atoms with Gasteiger partial charge in [-0.1, -0.05) is 22.0 Å². The summed E-state index contributed by atoms with van der Waals surface area (Å²) >= 11 is 3.34. The number of fused-ring (bicyclic) bond motifs is 2. The van der Waals surface area contributed by atoms with Crippen molar-refractivity contribution < 1.29 is 46.7 Å². The first-order chi connectivity index (χ1) is 30.4. The van der Waals surface area contributed by atoms with Gasteiger partial charge >= 0.3 is 19.3 Å². The topological polar surface area (TPSA) is 196 Å². The third kappa shape index (κ3) is 10.3. The predicted molar refractivity (Wildman–Crippen MR) is 234 cm³/mol. The number of hydrogen-bond acceptors (Lipinski definition) is 12. The minimum Gasteiger partial charge on any atom is -0.442 e. The van der Waals surface area contributed by atoms with Gasteiger partial charge in [0.2, 0.25) is 11.8 Å². The average molecular weight is 946 g/mol. The van der Waals surface area contributed by atoms with Crippen LogP contribution in [0.1, 0.15) is 41.5 Å². The van der Waals surface area contributed by atoms with Crippen LogP contribution in [-0.4, -0.2) is 110 Å². The number of pyridine rings is 2. The molecule has 6 aromatic rings. The molecule has 2 atom stereocenters. The Bertz CT molecular complexity index is 2700. The first-order valence-electron chi connectivity index (χ1n) is 20.0. The highest BCUT2D eigenvalue weighted by Gasteiger charge is 2.52. The van der Waals surface area contributed by atoms with E-state index in [1.54, 1.807) is 51.6 Å². The molecule has 0 aliphatic carbocycles. The number of carbonyl (C=O) groups is 4. The third-order valence-corrected chi connectivity index (χ3v) is 11.3. The molecular weight excluding hydrogens is 901 g/mol. The molecule has 3 aliphatic heterocycles. The van der Waals surface area contributed by atoms with E-state index in [1.165, 1.54) is 48.4 Å². The second-order valence-corrected chi connectivity index (χ2v) is 16.9. The average Bonchev–Trinajstić information content (AvgIpc) is 4.08. The van der Waals surface area contributed by atoms with E-state index in [0.29, 0.717) is 28.1 Å². The van der Waals surface area contributed by atoms with Gasteiger partial charge in [0, 0.05) is 47.3 Å². The number of cyclic esters (lactones) is 2. The standard InChI is InChI=1S/C18H24BFN2O5.C18H16FN5O3.C6H4BrN3/c1-11(23)21-9-13-10-22(16(24)25-13)12-6-7-14(15(20)8-12)19-26-17(2,3)18(4,5)27-19;1-11(25)20-7-14-9-23(18(26)27-14)13-3-4-15(16(19)6-13)12-2-5-17-21-10-22-24(17)8-12;7-5-1-2-10-6(3-5)8-4-9-10/h6-8,13H,9-10H2,1-5H3,(H,21,23);2-6,8,10,14H,7,9H2,1H3,(H,20,25);1-4H/t13-;14-;/m00./s1. The Morgan fingerprint density at radius 1 is 0.750 bits per heavy atom. The van der Waals surface area contributed by atoms with E-state index in [9.17, 15) is 28.0 Å². The van der Waals surface area contributed by atoms with E-state index < -0.39 is 54.3 Å². The molecule has 0 radical (unpaired) electrons. The lowest BCUT2D eigenvalue weighted by molar-refractivity contribution is -0.120. The molecule has 4 aromatic heterocycles. The fraction of sp³-hybridized carbons (Fsp3) is 0.333. The molecular formula is C42H44BBrF2N10O8. The molecule has 0 spiro atoms. The maximum Gasteiger partial charge on any atom is 0.497 e. The minimum absolute atomic E-state index is 0.204. The zero-order chi connectivity index (χ0) is 45.9. The minimum atomic E-state index is -0.818. The van der Waals surface area contributed by atoms with Crippen molar-refractivity contribution in [2.45, 2.75) is 65.0 Å². The molecule has 9 rings (SSSR count). The predicted octanol–water partition coefficient (Wildman–Crippen LogP) is 5.07. The van der Waals surface area contributed by atoms with Crippen molar-refractivity contribution in [1.29, 1.82) is 0 Å². The second kappa shape index (κ2) is 18.7. The molecule has 3 fully saturated rings. The molecule has 0 unspecified atom stereocenters. The van der Waals surface area contributed by atoms with Gasteiger partial charge in [0.05, 0.1) is 48.8 Å². The van der Waals surface area contributed by atoms with Crippen molar-refractivity contribution in [2.24, 2.45) is 0 Å². The molecule has 7 heterocycles. The number of anilines is 2. The van der Waals surface area contributed by atoms with Crippen LogP contribution in [0.15, 0.2) is 90.2 Å². The lowest BCUT2D eigenvalue weighted by atomic mass is 9.78. The molecule has 22 heteroatoms. The molecule has 334 valence electrons. The number of ether oxygens (including phenoxy) is 2. The highest BCUT2D eigenvalue weighted by atomic mass is 79.9. The summed E-state index contributed by atoms with van der Waals surface area (Å²) in [5.74, 6) is -1.40. The zero-order valence-corrected chi connectivity index (χ0v) is 37.2. The SMILES string of the molecule is Brc1ccn2ncnc2c1.CC(=O)NC[C@H]1CN(c2ccc(-c3ccc4ncnn4c3)c(F)c2)C(=O)O1.CC(=O)NC[C@H]1CN(c2ccc(B3OC(C)(C)C(C)(C)O3)c(F)c2)C(=O)O1. The van der Waals surface area contributed by atoms with Gasteiger partial charge in [-0.3, -0.25) is 19.4 Å². The molecule has 18 nitrogen and oxygen atoms in total. The summed E-state index contributed by atoms with van der Waals surface area (Å²) in [4.78, 5) is 56.9. The summed E-state index contributed by atoms with van der Waals surface area (Å²) in [5.41, 5.74) is 2.46. The summed E-state index contributed by atoms with van der Waals surface area (Å²) < 4.78 is 55.9. The summed E-state index contributed by atoms with van der Waals surface area (Å²) in [6.45, 7) is 11.3. The first-order valence-corrected chi connectivity index (χ1v) is 20.8. The van der Waals surface area contributed by atoms with E-state index in [-0.39, 0.29) is 43.5 Å². The molecule has 4 amide bonds. The Labute approximate surface area is 374 Å². The van der Waals surface area contributed by atoms with Crippen LogP contribution in [0.4, 0.5) is 29.7 Å². The number of carbonyl (C=O) groups excluding carboxylic acids is 4. The lowest BCUT2D eigenvalue weighted by Gasteiger charge is -2.32. The van der Waals surface area contributed by atoms with Gasteiger partial charge < -0.3 is 29.4 Å². The van der Waals surface area contributed by atoms with Gasteiger partial charge in [-0.25, -0.2) is 37.4 Å². The quantitative estimate of drug-likeness (QED) is 0.193. The Balaban J connectivity index is 0.000000157. The summed E-state index contributed by atoms with van der Waals surface area (Å²) in [6, 6.07) is 16.4. The molecule has 0 saturated carbocycles. The largest absolute Gasteiger partial charge is 0.497 e. The molecule has 3 aliphatic rings. The molecule has 64 heavy (non-hydrogen) atoms. The number of halogens is 3. The van der Waals surface area contributed by atoms with Crippen molar-refractivity contribution in [2.75, 3.05) is 36.0 Å². The number of rotatable bonds is 8. The Hall–Kier alpha value is -6.52. The van der Waals surface area contributed by atoms with Crippen LogP contribution in [0, 0.1) is 11.6 Å². The van der Waals surface area contributed by atoms with E-state index in [2.05, 4.69) is 46.7 Å². The number of hydrogen-bond donors (Lipinski definition) is 2. The Morgan fingerprint density at radius 2 is 1.30 bits per heavy atom. The number of amides is 4. The van der Waals surface area contributed by atoms with Crippen molar-refractivity contribution >= 4 is 75.2 Å². The Morgan fingerprint density at radius 3 is 1.86 bits per heavy atom. The van der Waals surface area contributed by atoms with Crippen molar-refractivity contribution in [3.63, 3.8) is 0 Å². The van der Waals surface area contributed by atoms with Crippen LogP contribution in [0.2, 0.25) is 0 Å². The van der Waals surface area contributed by atoms with E-state index >= 15 is 0 Å². The van der Waals surface area contributed by atoms with Gasteiger partial charge in [-0.15, -0.1) is 0 Å². The number of nitrogens with one attached hydrogen (secondary N) is 2. The van der Waals surface area contributed by atoms with Gasteiger partial charge in [-0.2, -0.15) is 10.2 Å².